The predicted octanol–water partition coefficient (Wildman–Crippen LogP) is 3.57. The van der Waals surface area contributed by atoms with Crippen molar-refractivity contribution < 1.29 is 4.79 Å². The van der Waals surface area contributed by atoms with Crippen molar-refractivity contribution in [1.29, 1.82) is 0 Å². The SMILES string of the molecule is CC[C@@H](NC(=O)Cn1nnc(-c2ccccc2Cl)n1)c1ccc(C)cc1. The summed E-state index contributed by atoms with van der Waals surface area (Å²) < 4.78 is 0. The maximum atomic E-state index is 12.4. The number of tetrazole rings is 1. The number of hydrogen-bond acceptors (Lipinski definition) is 4. The quantitative estimate of drug-likeness (QED) is 0.720. The summed E-state index contributed by atoms with van der Waals surface area (Å²) in [6.45, 7) is 4.07. The number of benzene rings is 2. The maximum Gasteiger partial charge on any atom is 0.244 e. The number of aryl methyl sites for hydroxylation is 1. The lowest BCUT2D eigenvalue weighted by molar-refractivity contribution is -0.122. The third-order valence-corrected chi connectivity index (χ3v) is 4.41. The van der Waals surface area contributed by atoms with Gasteiger partial charge in [0.05, 0.1) is 11.1 Å². The van der Waals surface area contributed by atoms with Crippen LogP contribution in [0.25, 0.3) is 11.4 Å². The van der Waals surface area contributed by atoms with Crippen LogP contribution in [0.3, 0.4) is 0 Å². The average Bonchev–Trinajstić information content (AvgIpc) is 3.09. The highest BCUT2D eigenvalue weighted by atomic mass is 35.5. The minimum atomic E-state index is -0.166. The summed E-state index contributed by atoms with van der Waals surface area (Å²) in [5, 5.41) is 15.7. The van der Waals surface area contributed by atoms with E-state index < -0.39 is 0 Å². The molecular weight excluding hydrogens is 350 g/mol. The minimum Gasteiger partial charge on any atom is -0.348 e. The van der Waals surface area contributed by atoms with Gasteiger partial charge in [-0.2, -0.15) is 4.80 Å². The number of carbonyl (C=O) groups excluding carboxylic acids is 1. The van der Waals surface area contributed by atoms with Crippen molar-refractivity contribution in [2.45, 2.75) is 32.9 Å². The first kappa shape index (κ1) is 18.1. The standard InChI is InChI=1S/C19H20ClN5O/c1-3-17(14-10-8-13(2)9-11-14)21-18(26)12-25-23-19(22-24-25)15-6-4-5-7-16(15)20/h4-11,17H,3,12H2,1-2H3,(H,21,26)/t17-/m1/s1. The van der Waals surface area contributed by atoms with Crippen molar-refractivity contribution >= 4 is 17.5 Å². The van der Waals surface area contributed by atoms with Gasteiger partial charge >= 0.3 is 0 Å². The first-order chi connectivity index (χ1) is 12.6. The van der Waals surface area contributed by atoms with Crippen LogP contribution in [0, 0.1) is 6.92 Å². The van der Waals surface area contributed by atoms with Crippen LogP contribution in [-0.2, 0) is 11.3 Å². The molecule has 1 atom stereocenters. The van der Waals surface area contributed by atoms with Gasteiger partial charge in [0.1, 0.15) is 6.54 Å². The Labute approximate surface area is 157 Å². The minimum absolute atomic E-state index is 0.000185. The molecule has 1 aromatic heterocycles. The van der Waals surface area contributed by atoms with E-state index in [9.17, 15) is 4.79 Å². The Hall–Kier alpha value is -2.73. The Kier molecular flexibility index (Phi) is 5.63. The fourth-order valence-corrected chi connectivity index (χ4v) is 2.87. The van der Waals surface area contributed by atoms with Crippen LogP contribution < -0.4 is 5.32 Å². The number of nitrogens with one attached hydrogen (secondary N) is 1. The number of halogens is 1. The van der Waals surface area contributed by atoms with Gasteiger partial charge in [0, 0.05) is 5.56 Å². The number of hydrogen-bond donors (Lipinski definition) is 1. The van der Waals surface area contributed by atoms with Gasteiger partial charge in [-0.1, -0.05) is 60.5 Å². The molecule has 1 amide bonds. The maximum absolute atomic E-state index is 12.4. The van der Waals surface area contributed by atoms with Crippen molar-refractivity contribution in [3.05, 3.63) is 64.7 Å². The number of carbonyl (C=O) groups is 1. The number of rotatable bonds is 6. The molecule has 0 aliphatic carbocycles. The van der Waals surface area contributed by atoms with E-state index in [1.165, 1.54) is 10.4 Å². The molecule has 26 heavy (non-hydrogen) atoms. The Morgan fingerprint density at radius 1 is 1.19 bits per heavy atom. The molecule has 0 unspecified atom stereocenters. The molecular formula is C19H20ClN5O. The molecule has 134 valence electrons. The summed E-state index contributed by atoms with van der Waals surface area (Å²) in [4.78, 5) is 13.6. The van der Waals surface area contributed by atoms with E-state index in [0.717, 1.165) is 12.0 Å². The predicted molar refractivity (Wildman–Crippen MR) is 101 cm³/mol. The van der Waals surface area contributed by atoms with E-state index >= 15 is 0 Å². The third-order valence-electron chi connectivity index (χ3n) is 4.08. The zero-order valence-corrected chi connectivity index (χ0v) is 15.4. The van der Waals surface area contributed by atoms with Crippen molar-refractivity contribution in [2.75, 3.05) is 0 Å². The largest absolute Gasteiger partial charge is 0.348 e. The summed E-state index contributed by atoms with van der Waals surface area (Å²) in [6.07, 6.45) is 0.796. The van der Waals surface area contributed by atoms with Crippen LogP contribution in [0.1, 0.15) is 30.5 Å². The van der Waals surface area contributed by atoms with Gasteiger partial charge in [-0.05, 0) is 36.3 Å². The molecule has 0 fully saturated rings. The Morgan fingerprint density at radius 2 is 1.92 bits per heavy atom. The van der Waals surface area contributed by atoms with E-state index in [-0.39, 0.29) is 18.5 Å². The van der Waals surface area contributed by atoms with Crippen molar-refractivity contribution in [3.8, 4) is 11.4 Å². The lowest BCUT2D eigenvalue weighted by Gasteiger charge is -2.17. The second-order valence-electron chi connectivity index (χ2n) is 6.06. The molecule has 3 aromatic rings. The molecule has 2 aromatic carbocycles. The summed E-state index contributed by atoms with van der Waals surface area (Å²) in [6, 6.07) is 15.4. The Balaban J connectivity index is 1.66. The van der Waals surface area contributed by atoms with Crippen LogP contribution in [0.4, 0.5) is 0 Å². The molecule has 0 bridgehead atoms. The summed E-state index contributed by atoms with van der Waals surface area (Å²) in [5.41, 5.74) is 2.95. The fourth-order valence-electron chi connectivity index (χ4n) is 2.65. The van der Waals surface area contributed by atoms with E-state index in [1.807, 2.05) is 56.3 Å². The number of nitrogens with zero attached hydrogens (tertiary/aromatic N) is 4. The van der Waals surface area contributed by atoms with Crippen LogP contribution in [-0.4, -0.2) is 26.1 Å². The van der Waals surface area contributed by atoms with Gasteiger partial charge < -0.3 is 5.32 Å². The molecule has 1 N–H and O–H groups in total. The fraction of sp³-hybridized carbons (Fsp3) is 0.263. The second kappa shape index (κ2) is 8.10. The Bertz CT molecular complexity index is 891. The molecule has 0 spiro atoms. The van der Waals surface area contributed by atoms with Crippen LogP contribution in [0.5, 0.6) is 0 Å². The molecule has 6 nitrogen and oxygen atoms in total. The number of aromatic nitrogens is 4. The summed E-state index contributed by atoms with van der Waals surface area (Å²) in [7, 11) is 0. The summed E-state index contributed by atoms with van der Waals surface area (Å²) >= 11 is 6.14. The topological polar surface area (TPSA) is 72.7 Å². The van der Waals surface area contributed by atoms with Crippen molar-refractivity contribution in [1.82, 2.24) is 25.5 Å². The van der Waals surface area contributed by atoms with Crippen molar-refractivity contribution in [2.24, 2.45) is 0 Å². The van der Waals surface area contributed by atoms with E-state index in [0.29, 0.717) is 16.4 Å². The van der Waals surface area contributed by atoms with Gasteiger partial charge in [-0.3, -0.25) is 4.79 Å². The zero-order chi connectivity index (χ0) is 18.5. The van der Waals surface area contributed by atoms with Gasteiger partial charge in [0.15, 0.2) is 0 Å². The molecule has 7 heteroatoms. The molecule has 0 saturated carbocycles. The first-order valence-corrected chi connectivity index (χ1v) is 8.83. The third kappa shape index (κ3) is 4.26. The lowest BCUT2D eigenvalue weighted by atomic mass is 10.0. The molecule has 1 heterocycles. The molecule has 0 radical (unpaired) electrons. The van der Waals surface area contributed by atoms with Gasteiger partial charge in [0.2, 0.25) is 11.7 Å². The van der Waals surface area contributed by atoms with E-state index in [2.05, 4.69) is 20.7 Å². The van der Waals surface area contributed by atoms with Gasteiger partial charge in [-0.25, -0.2) is 0 Å². The second-order valence-corrected chi connectivity index (χ2v) is 6.47. The molecule has 0 aliphatic heterocycles. The Morgan fingerprint density at radius 3 is 2.62 bits per heavy atom. The molecule has 0 aliphatic rings. The normalized spacial score (nSPS) is 12.0. The smallest absolute Gasteiger partial charge is 0.244 e. The van der Waals surface area contributed by atoms with Gasteiger partial charge in [-0.15, -0.1) is 10.2 Å². The average molecular weight is 370 g/mol. The van der Waals surface area contributed by atoms with Gasteiger partial charge in [0.25, 0.3) is 0 Å². The van der Waals surface area contributed by atoms with Crippen LogP contribution >= 0.6 is 11.6 Å². The highest BCUT2D eigenvalue weighted by Gasteiger charge is 2.15. The van der Waals surface area contributed by atoms with Crippen molar-refractivity contribution in [3.63, 3.8) is 0 Å². The van der Waals surface area contributed by atoms with Crippen LogP contribution in [0.15, 0.2) is 48.5 Å². The molecule has 0 saturated heterocycles. The first-order valence-electron chi connectivity index (χ1n) is 8.45. The zero-order valence-electron chi connectivity index (χ0n) is 14.7. The highest BCUT2D eigenvalue weighted by Crippen LogP contribution is 2.23. The lowest BCUT2D eigenvalue weighted by Crippen LogP contribution is -2.32. The number of amides is 1. The van der Waals surface area contributed by atoms with Crippen LogP contribution in [0.2, 0.25) is 5.02 Å². The van der Waals surface area contributed by atoms with E-state index in [4.69, 9.17) is 11.6 Å². The highest BCUT2D eigenvalue weighted by molar-refractivity contribution is 6.33. The van der Waals surface area contributed by atoms with E-state index in [1.54, 1.807) is 6.07 Å². The summed E-state index contributed by atoms with van der Waals surface area (Å²) in [5.74, 6) is 0.231. The molecule has 3 rings (SSSR count). The monoisotopic (exact) mass is 369 g/mol.